The summed E-state index contributed by atoms with van der Waals surface area (Å²) >= 11 is 0. The minimum absolute atomic E-state index is 0.417. The summed E-state index contributed by atoms with van der Waals surface area (Å²) in [5.74, 6) is -1.27. The van der Waals surface area contributed by atoms with Gasteiger partial charge in [-0.05, 0) is 19.8 Å². The molecule has 74 valence electrons. The number of carbonyl (C=O) groups is 2. The molecule has 0 aromatic heterocycles. The second-order valence-corrected chi connectivity index (χ2v) is 3.57. The third-order valence-electron chi connectivity index (χ3n) is 2.79. The van der Waals surface area contributed by atoms with Crippen LogP contribution in [-0.4, -0.2) is 23.1 Å². The summed E-state index contributed by atoms with van der Waals surface area (Å²) in [6.07, 6.45) is 1.60. The van der Waals surface area contributed by atoms with Gasteiger partial charge < -0.3 is 9.84 Å². The predicted molar refractivity (Wildman–Crippen MR) is 45.1 cm³/mol. The van der Waals surface area contributed by atoms with Crippen molar-refractivity contribution in [2.75, 3.05) is 0 Å². The molecule has 0 aromatic carbocycles. The van der Waals surface area contributed by atoms with Gasteiger partial charge in [-0.3, -0.25) is 9.59 Å². The van der Waals surface area contributed by atoms with Crippen molar-refractivity contribution in [1.82, 2.24) is 0 Å². The molecular formula is C9H14O4. The number of carboxylic acids is 1. The van der Waals surface area contributed by atoms with E-state index in [1.54, 1.807) is 6.92 Å². The molecule has 0 spiro atoms. The van der Waals surface area contributed by atoms with E-state index in [1.807, 2.05) is 0 Å². The van der Waals surface area contributed by atoms with Crippen molar-refractivity contribution in [2.45, 2.75) is 39.2 Å². The molecule has 4 nitrogen and oxygen atoms in total. The van der Waals surface area contributed by atoms with Crippen LogP contribution < -0.4 is 0 Å². The van der Waals surface area contributed by atoms with E-state index in [9.17, 15) is 9.59 Å². The highest BCUT2D eigenvalue weighted by Crippen LogP contribution is 2.45. The van der Waals surface area contributed by atoms with Crippen LogP contribution in [0.15, 0.2) is 0 Å². The van der Waals surface area contributed by atoms with Crippen molar-refractivity contribution in [2.24, 2.45) is 5.41 Å². The third kappa shape index (κ3) is 1.66. The van der Waals surface area contributed by atoms with Gasteiger partial charge in [0.05, 0.1) is 0 Å². The maximum absolute atomic E-state index is 10.9. The lowest BCUT2D eigenvalue weighted by Gasteiger charge is -2.41. The van der Waals surface area contributed by atoms with Gasteiger partial charge in [0.25, 0.3) is 0 Å². The molecule has 13 heavy (non-hydrogen) atoms. The molecule has 0 bridgehead atoms. The lowest BCUT2D eigenvalue weighted by atomic mass is 9.65. The molecule has 0 aliphatic heterocycles. The molecular weight excluding hydrogens is 172 g/mol. The molecule has 0 saturated heterocycles. The molecule has 4 heteroatoms. The van der Waals surface area contributed by atoms with Gasteiger partial charge in [0, 0.05) is 6.92 Å². The number of carbonyl (C=O) groups excluding carboxylic acids is 1. The number of rotatable bonds is 3. The van der Waals surface area contributed by atoms with E-state index < -0.39 is 23.5 Å². The number of hydrogen-bond donors (Lipinski definition) is 1. The monoisotopic (exact) mass is 186 g/mol. The van der Waals surface area contributed by atoms with Gasteiger partial charge in [0.2, 0.25) is 0 Å². The summed E-state index contributed by atoms with van der Waals surface area (Å²) < 4.78 is 4.90. The van der Waals surface area contributed by atoms with Gasteiger partial charge in [-0.1, -0.05) is 6.42 Å². The van der Waals surface area contributed by atoms with E-state index in [0.29, 0.717) is 12.8 Å². The van der Waals surface area contributed by atoms with Crippen LogP contribution in [0, 0.1) is 5.41 Å². The lowest BCUT2D eigenvalue weighted by Crippen LogP contribution is -2.48. The normalized spacial score (nSPS) is 21.4. The minimum atomic E-state index is -0.854. The van der Waals surface area contributed by atoms with Crippen molar-refractivity contribution in [3.05, 3.63) is 0 Å². The van der Waals surface area contributed by atoms with Crippen molar-refractivity contribution < 1.29 is 19.4 Å². The first-order valence-corrected chi connectivity index (χ1v) is 4.39. The van der Waals surface area contributed by atoms with Crippen LogP contribution in [0.4, 0.5) is 0 Å². The predicted octanol–water partition coefficient (Wildman–Crippen LogP) is 1.19. The molecule has 1 saturated carbocycles. The zero-order chi connectivity index (χ0) is 10.1. The second kappa shape index (κ2) is 3.36. The van der Waals surface area contributed by atoms with Crippen molar-refractivity contribution in [3.8, 4) is 0 Å². The second-order valence-electron chi connectivity index (χ2n) is 3.57. The highest BCUT2D eigenvalue weighted by Gasteiger charge is 2.50. The molecule has 1 fully saturated rings. The Morgan fingerprint density at radius 1 is 1.46 bits per heavy atom. The molecule has 1 N–H and O–H groups in total. The zero-order valence-electron chi connectivity index (χ0n) is 7.87. The van der Waals surface area contributed by atoms with Crippen LogP contribution in [-0.2, 0) is 14.3 Å². The Morgan fingerprint density at radius 3 is 2.23 bits per heavy atom. The van der Waals surface area contributed by atoms with Gasteiger partial charge in [-0.25, -0.2) is 0 Å². The average Bonchev–Trinajstić information content (AvgIpc) is 1.79. The van der Waals surface area contributed by atoms with E-state index >= 15 is 0 Å². The third-order valence-corrected chi connectivity index (χ3v) is 2.79. The molecule has 1 aliphatic carbocycles. The number of ether oxygens (including phenoxy) is 1. The highest BCUT2D eigenvalue weighted by atomic mass is 16.5. The summed E-state index contributed by atoms with van der Waals surface area (Å²) in [4.78, 5) is 21.6. The molecule has 0 aromatic rings. The molecule has 0 heterocycles. The fourth-order valence-corrected chi connectivity index (χ4v) is 1.71. The van der Waals surface area contributed by atoms with Crippen LogP contribution in [0.1, 0.15) is 33.1 Å². The largest absolute Gasteiger partial charge is 0.481 e. The smallest absolute Gasteiger partial charge is 0.313 e. The quantitative estimate of drug-likeness (QED) is 0.672. The topological polar surface area (TPSA) is 63.6 Å². The summed E-state index contributed by atoms with van der Waals surface area (Å²) in [6, 6.07) is 0. The molecule has 1 atom stereocenters. The lowest BCUT2D eigenvalue weighted by molar-refractivity contribution is -0.174. The summed E-state index contributed by atoms with van der Waals surface area (Å²) in [5, 5.41) is 8.98. The van der Waals surface area contributed by atoms with Crippen LogP contribution in [0.3, 0.4) is 0 Å². The zero-order valence-corrected chi connectivity index (χ0v) is 7.87. The van der Waals surface area contributed by atoms with Crippen LogP contribution in [0.2, 0.25) is 0 Å². The molecule has 1 rings (SSSR count). The van der Waals surface area contributed by atoms with E-state index in [1.165, 1.54) is 6.92 Å². The Hall–Kier alpha value is -1.06. The number of aliphatic carboxylic acids is 1. The standard InChI is InChI=1S/C9H14O4/c1-6(13-7(2)10)9(8(11)12)4-3-5-9/h6H,3-5H2,1-2H3,(H,11,12). The minimum Gasteiger partial charge on any atom is -0.481 e. The Bertz CT molecular complexity index is 230. The molecule has 0 radical (unpaired) electrons. The first-order valence-electron chi connectivity index (χ1n) is 4.39. The van der Waals surface area contributed by atoms with Gasteiger partial charge in [-0.15, -0.1) is 0 Å². The van der Waals surface area contributed by atoms with Gasteiger partial charge in [-0.2, -0.15) is 0 Å². The maximum Gasteiger partial charge on any atom is 0.313 e. The Morgan fingerprint density at radius 2 is 2.00 bits per heavy atom. The van der Waals surface area contributed by atoms with Gasteiger partial charge >= 0.3 is 11.9 Å². The average molecular weight is 186 g/mol. The van der Waals surface area contributed by atoms with Crippen molar-refractivity contribution in [3.63, 3.8) is 0 Å². The van der Waals surface area contributed by atoms with Gasteiger partial charge in [0.1, 0.15) is 11.5 Å². The summed E-state index contributed by atoms with van der Waals surface area (Å²) in [5.41, 5.74) is -0.814. The highest BCUT2D eigenvalue weighted by molar-refractivity contribution is 5.77. The van der Waals surface area contributed by atoms with E-state index in [-0.39, 0.29) is 0 Å². The maximum atomic E-state index is 10.9. The molecule has 1 aliphatic rings. The SMILES string of the molecule is CC(=O)OC(C)C1(C(=O)O)CCC1. The van der Waals surface area contributed by atoms with Crippen LogP contribution in [0.5, 0.6) is 0 Å². The van der Waals surface area contributed by atoms with E-state index in [4.69, 9.17) is 9.84 Å². The molecule has 1 unspecified atom stereocenters. The fraction of sp³-hybridized carbons (Fsp3) is 0.778. The number of esters is 1. The summed E-state index contributed by atoms with van der Waals surface area (Å²) in [6.45, 7) is 2.94. The number of carboxylic acid groups (broad SMARTS) is 1. The van der Waals surface area contributed by atoms with Crippen LogP contribution in [0.25, 0.3) is 0 Å². The Balaban J connectivity index is 2.66. The van der Waals surface area contributed by atoms with Crippen molar-refractivity contribution in [1.29, 1.82) is 0 Å². The molecule has 0 amide bonds. The Kier molecular flexibility index (Phi) is 2.59. The Labute approximate surface area is 76.9 Å². The fourth-order valence-electron chi connectivity index (χ4n) is 1.71. The summed E-state index contributed by atoms with van der Waals surface area (Å²) in [7, 11) is 0. The van der Waals surface area contributed by atoms with Crippen molar-refractivity contribution >= 4 is 11.9 Å². The van der Waals surface area contributed by atoms with Gasteiger partial charge in [0.15, 0.2) is 0 Å². The first kappa shape index (κ1) is 10.0. The van der Waals surface area contributed by atoms with E-state index in [0.717, 1.165) is 6.42 Å². The van der Waals surface area contributed by atoms with E-state index in [2.05, 4.69) is 0 Å². The van der Waals surface area contributed by atoms with Crippen LogP contribution >= 0.6 is 0 Å². The number of hydrogen-bond acceptors (Lipinski definition) is 3. The first-order chi connectivity index (χ1) is 5.99.